The molecule has 2 amide bonds. The predicted molar refractivity (Wildman–Crippen MR) is 101 cm³/mol. The first-order chi connectivity index (χ1) is 12.3. The highest BCUT2D eigenvalue weighted by Crippen LogP contribution is 2.21. The first-order valence-corrected chi connectivity index (χ1v) is 8.93. The molecular formula is C21H26N2O2. The molecule has 0 bridgehead atoms. The number of anilines is 1. The SMILES string of the molecule is COC[C@@H]1CCCN(C(=O)Nc2ccccc2Cc2ccccc2)C1. The number of nitrogens with one attached hydrogen (secondary N) is 1. The minimum absolute atomic E-state index is 0.0127. The summed E-state index contributed by atoms with van der Waals surface area (Å²) < 4.78 is 5.25. The van der Waals surface area contributed by atoms with Crippen molar-refractivity contribution in [1.82, 2.24) is 4.90 Å². The zero-order chi connectivity index (χ0) is 17.5. The van der Waals surface area contributed by atoms with Gasteiger partial charge in [-0.1, -0.05) is 48.5 Å². The molecule has 0 aliphatic carbocycles. The van der Waals surface area contributed by atoms with E-state index in [1.54, 1.807) is 7.11 Å². The molecule has 0 aromatic heterocycles. The fourth-order valence-corrected chi connectivity index (χ4v) is 3.43. The Morgan fingerprint density at radius 1 is 1.16 bits per heavy atom. The Balaban J connectivity index is 1.67. The van der Waals surface area contributed by atoms with Crippen molar-refractivity contribution in [3.8, 4) is 0 Å². The number of para-hydroxylation sites is 1. The summed E-state index contributed by atoms with van der Waals surface area (Å²) in [6.45, 7) is 2.29. The number of carbonyl (C=O) groups excluding carboxylic acids is 1. The molecule has 1 atom stereocenters. The maximum absolute atomic E-state index is 12.7. The van der Waals surface area contributed by atoms with Gasteiger partial charge in [0, 0.05) is 31.8 Å². The number of nitrogens with zero attached hydrogens (tertiary/aromatic N) is 1. The van der Waals surface area contributed by atoms with Gasteiger partial charge in [0.25, 0.3) is 0 Å². The number of urea groups is 1. The van der Waals surface area contributed by atoms with Gasteiger partial charge in [0.2, 0.25) is 0 Å². The third-order valence-corrected chi connectivity index (χ3v) is 4.70. The molecule has 0 unspecified atom stereocenters. The van der Waals surface area contributed by atoms with Crippen LogP contribution in [0.15, 0.2) is 54.6 Å². The monoisotopic (exact) mass is 338 g/mol. The van der Waals surface area contributed by atoms with Crippen LogP contribution in [-0.4, -0.2) is 37.7 Å². The lowest BCUT2D eigenvalue weighted by Gasteiger charge is -2.32. The van der Waals surface area contributed by atoms with Gasteiger partial charge in [-0.25, -0.2) is 4.79 Å². The van der Waals surface area contributed by atoms with Crippen LogP contribution in [-0.2, 0) is 11.2 Å². The number of rotatable bonds is 5. The van der Waals surface area contributed by atoms with E-state index < -0.39 is 0 Å². The summed E-state index contributed by atoms with van der Waals surface area (Å²) in [5, 5.41) is 3.11. The van der Waals surface area contributed by atoms with E-state index in [9.17, 15) is 4.79 Å². The molecule has 2 aromatic carbocycles. The number of carbonyl (C=O) groups is 1. The molecule has 1 N–H and O–H groups in total. The summed E-state index contributed by atoms with van der Waals surface area (Å²) in [4.78, 5) is 14.6. The molecule has 25 heavy (non-hydrogen) atoms. The van der Waals surface area contributed by atoms with Gasteiger partial charge in [0.05, 0.1) is 6.61 Å². The van der Waals surface area contributed by atoms with Crippen molar-refractivity contribution in [3.05, 3.63) is 65.7 Å². The van der Waals surface area contributed by atoms with Gasteiger partial charge < -0.3 is 15.0 Å². The summed E-state index contributed by atoms with van der Waals surface area (Å²) in [6.07, 6.45) is 2.97. The molecule has 4 nitrogen and oxygen atoms in total. The molecule has 0 spiro atoms. The molecule has 4 heteroatoms. The standard InChI is InChI=1S/C21H26N2O2/c1-25-16-18-10-7-13-23(15-18)21(24)22-20-12-6-5-11-19(20)14-17-8-3-2-4-9-17/h2-6,8-9,11-12,18H,7,10,13-16H2,1H3,(H,22,24)/t18-/m1/s1. The van der Waals surface area contributed by atoms with Crippen LogP contribution in [0, 0.1) is 5.92 Å². The zero-order valence-electron chi connectivity index (χ0n) is 14.8. The molecular weight excluding hydrogens is 312 g/mol. The number of piperidine rings is 1. The van der Waals surface area contributed by atoms with E-state index in [-0.39, 0.29) is 6.03 Å². The van der Waals surface area contributed by atoms with Gasteiger partial charge >= 0.3 is 6.03 Å². The van der Waals surface area contributed by atoms with Gasteiger partial charge in [0.15, 0.2) is 0 Å². The van der Waals surface area contributed by atoms with E-state index >= 15 is 0 Å². The summed E-state index contributed by atoms with van der Waals surface area (Å²) in [5.74, 6) is 0.434. The van der Waals surface area contributed by atoms with Crippen molar-refractivity contribution in [2.45, 2.75) is 19.3 Å². The van der Waals surface area contributed by atoms with E-state index in [2.05, 4.69) is 23.5 Å². The molecule has 0 radical (unpaired) electrons. The normalized spacial score (nSPS) is 17.3. The van der Waals surface area contributed by atoms with E-state index in [1.807, 2.05) is 41.3 Å². The van der Waals surface area contributed by atoms with Gasteiger partial charge in [-0.3, -0.25) is 0 Å². The number of methoxy groups -OCH3 is 1. The van der Waals surface area contributed by atoms with Crippen molar-refractivity contribution in [1.29, 1.82) is 0 Å². The fourth-order valence-electron chi connectivity index (χ4n) is 3.43. The Morgan fingerprint density at radius 3 is 2.72 bits per heavy atom. The Morgan fingerprint density at radius 2 is 1.92 bits per heavy atom. The Bertz CT molecular complexity index is 685. The highest BCUT2D eigenvalue weighted by molar-refractivity contribution is 5.90. The Labute approximate surface area is 149 Å². The minimum atomic E-state index is -0.0127. The average molecular weight is 338 g/mol. The van der Waals surface area contributed by atoms with Crippen molar-refractivity contribution in [3.63, 3.8) is 0 Å². The number of amides is 2. The van der Waals surface area contributed by atoms with E-state index in [0.29, 0.717) is 12.5 Å². The molecule has 1 aliphatic rings. The second kappa shape index (κ2) is 8.67. The second-order valence-corrected chi connectivity index (χ2v) is 6.66. The summed E-state index contributed by atoms with van der Waals surface area (Å²) >= 11 is 0. The van der Waals surface area contributed by atoms with Crippen molar-refractivity contribution >= 4 is 11.7 Å². The van der Waals surface area contributed by atoms with Crippen molar-refractivity contribution in [2.75, 3.05) is 32.1 Å². The maximum atomic E-state index is 12.7. The highest BCUT2D eigenvalue weighted by atomic mass is 16.5. The van der Waals surface area contributed by atoms with E-state index in [0.717, 1.165) is 43.6 Å². The van der Waals surface area contributed by atoms with Crippen LogP contribution in [0.4, 0.5) is 10.5 Å². The van der Waals surface area contributed by atoms with Crippen LogP contribution < -0.4 is 5.32 Å². The Kier molecular flexibility index (Phi) is 6.07. The average Bonchev–Trinajstić information content (AvgIpc) is 2.65. The second-order valence-electron chi connectivity index (χ2n) is 6.66. The number of ether oxygens (including phenoxy) is 1. The molecule has 2 aromatic rings. The summed E-state index contributed by atoms with van der Waals surface area (Å²) in [7, 11) is 1.72. The van der Waals surface area contributed by atoms with Crippen molar-refractivity contribution < 1.29 is 9.53 Å². The maximum Gasteiger partial charge on any atom is 0.321 e. The zero-order valence-corrected chi connectivity index (χ0v) is 14.8. The lowest BCUT2D eigenvalue weighted by molar-refractivity contribution is 0.104. The summed E-state index contributed by atoms with van der Waals surface area (Å²) in [6, 6.07) is 18.3. The van der Waals surface area contributed by atoms with Crippen LogP contribution in [0.3, 0.4) is 0 Å². The lowest BCUT2D eigenvalue weighted by Crippen LogP contribution is -2.43. The first-order valence-electron chi connectivity index (χ1n) is 8.93. The topological polar surface area (TPSA) is 41.6 Å². The van der Waals surface area contributed by atoms with Crippen LogP contribution in [0.2, 0.25) is 0 Å². The van der Waals surface area contributed by atoms with Crippen LogP contribution in [0.1, 0.15) is 24.0 Å². The largest absolute Gasteiger partial charge is 0.384 e. The molecule has 1 fully saturated rings. The fraction of sp³-hybridized carbons (Fsp3) is 0.381. The third-order valence-electron chi connectivity index (χ3n) is 4.70. The quantitative estimate of drug-likeness (QED) is 0.889. The van der Waals surface area contributed by atoms with Gasteiger partial charge in [-0.05, 0) is 36.5 Å². The van der Waals surface area contributed by atoms with E-state index in [1.165, 1.54) is 5.56 Å². The third kappa shape index (κ3) is 4.83. The van der Waals surface area contributed by atoms with Crippen LogP contribution in [0.25, 0.3) is 0 Å². The molecule has 1 aliphatic heterocycles. The molecule has 3 rings (SSSR count). The van der Waals surface area contributed by atoms with Crippen LogP contribution in [0.5, 0.6) is 0 Å². The smallest absolute Gasteiger partial charge is 0.321 e. The van der Waals surface area contributed by atoms with Gasteiger partial charge in [-0.15, -0.1) is 0 Å². The lowest BCUT2D eigenvalue weighted by atomic mass is 9.99. The molecule has 1 saturated heterocycles. The number of benzene rings is 2. The predicted octanol–water partition coefficient (Wildman–Crippen LogP) is 4.17. The molecule has 132 valence electrons. The van der Waals surface area contributed by atoms with Crippen molar-refractivity contribution in [2.24, 2.45) is 5.92 Å². The summed E-state index contributed by atoms with van der Waals surface area (Å²) in [5.41, 5.74) is 3.26. The van der Waals surface area contributed by atoms with E-state index in [4.69, 9.17) is 4.74 Å². The van der Waals surface area contributed by atoms with Gasteiger partial charge in [0.1, 0.15) is 0 Å². The number of hydrogen-bond donors (Lipinski definition) is 1. The van der Waals surface area contributed by atoms with Gasteiger partial charge in [-0.2, -0.15) is 0 Å². The van der Waals surface area contributed by atoms with Crippen LogP contribution >= 0.6 is 0 Å². The number of hydrogen-bond acceptors (Lipinski definition) is 2. The molecule has 0 saturated carbocycles. The minimum Gasteiger partial charge on any atom is -0.384 e. The highest BCUT2D eigenvalue weighted by Gasteiger charge is 2.24. The first kappa shape index (κ1) is 17.5. The number of likely N-dealkylation sites (tertiary alicyclic amines) is 1. The molecule has 1 heterocycles. The Hall–Kier alpha value is -2.33.